The zero-order valence-electron chi connectivity index (χ0n) is 10.7. The minimum absolute atomic E-state index is 0.357. The quantitative estimate of drug-likeness (QED) is 0.618. The maximum atomic E-state index is 8.91. The SMILES string of the molecule is CC[C@@H](CCO)CCCCN1CCNCC1. The Morgan fingerprint density at radius 1 is 1.19 bits per heavy atom. The van der Waals surface area contributed by atoms with Gasteiger partial charge in [0.15, 0.2) is 0 Å². The van der Waals surface area contributed by atoms with Gasteiger partial charge in [-0.1, -0.05) is 26.2 Å². The molecule has 0 aromatic heterocycles. The van der Waals surface area contributed by atoms with Gasteiger partial charge in [0.1, 0.15) is 0 Å². The van der Waals surface area contributed by atoms with Crippen LogP contribution in [0.2, 0.25) is 0 Å². The minimum Gasteiger partial charge on any atom is -0.396 e. The Morgan fingerprint density at radius 2 is 1.94 bits per heavy atom. The minimum atomic E-state index is 0.357. The molecule has 1 atom stereocenters. The molecule has 0 amide bonds. The normalized spacial score (nSPS) is 19.9. The third kappa shape index (κ3) is 5.83. The number of piperazine rings is 1. The Bertz CT molecular complexity index is 151. The molecule has 0 bridgehead atoms. The number of aliphatic hydroxyl groups excluding tert-OH is 1. The second-order valence-corrected chi connectivity index (χ2v) is 4.87. The Hall–Kier alpha value is -0.120. The monoisotopic (exact) mass is 228 g/mol. The molecule has 2 N–H and O–H groups in total. The van der Waals surface area contributed by atoms with Crippen LogP contribution in [0.1, 0.15) is 39.0 Å². The second-order valence-electron chi connectivity index (χ2n) is 4.87. The molecule has 0 unspecified atom stereocenters. The molecule has 3 nitrogen and oxygen atoms in total. The highest BCUT2D eigenvalue weighted by Crippen LogP contribution is 2.16. The maximum Gasteiger partial charge on any atom is 0.0433 e. The van der Waals surface area contributed by atoms with E-state index in [2.05, 4.69) is 17.1 Å². The van der Waals surface area contributed by atoms with Crippen molar-refractivity contribution in [1.82, 2.24) is 10.2 Å². The molecule has 0 spiro atoms. The first-order chi connectivity index (χ1) is 7.86. The van der Waals surface area contributed by atoms with E-state index >= 15 is 0 Å². The average Bonchev–Trinajstić information content (AvgIpc) is 2.34. The van der Waals surface area contributed by atoms with Crippen molar-refractivity contribution in [3.05, 3.63) is 0 Å². The third-order valence-corrected chi connectivity index (χ3v) is 3.66. The molecule has 0 saturated carbocycles. The lowest BCUT2D eigenvalue weighted by molar-refractivity contribution is 0.226. The third-order valence-electron chi connectivity index (χ3n) is 3.66. The lowest BCUT2D eigenvalue weighted by Gasteiger charge is -2.27. The molecular weight excluding hydrogens is 200 g/mol. The van der Waals surface area contributed by atoms with Crippen LogP contribution in [-0.2, 0) is 0 Å². The van der Waals surface area contributed by atoms with Crippen molar-refractivity contribution in [3.8, 4) is 0 Å². The molecule has 16 heavy (non-hydrogen) atoms. The van der Waals surface area contributed by atoms with Crippen LogP contribution in [0.15, 0.2) is 0 Å². The number of hydrogen-bond acceptors (Lipinski definition) is 3. The van der Waals surface area contributed by atoms with Gasteiger partial charge in [0.2, 0.25) is 0 Å². The lowest BCUT2D eigenvalue weighted by atomic mass is 9.96. The Balaban J connectivity index is 1.97. The van der Waals surface area contributed by atoms with E-state index in [4.69, 9.17) is 5.11 Å². The fourth-order valence-electron chi connectivity index (χ4n) is 2.44. The van der Waals surface area contributed by atoms with Crippen molar-refractivity contribution >= 4 is 0 Å². The molecule has 3 heteroatoms. The fourth-order valence-corrected chi connectivity index (χ4v) is 2.44. The van der Waals surface area contributed by atoms with Crippen LogP contribution in [0.3, 0.4) is 0 Å². The number of unbranched alkanes of at least 4 members (excludes halogenated alkanes) is 1. The summed E-state index contributed by atoms with van der Waals surface area (Å²) in [6.07, 6.45) is 6.14. The molecule has 0 aromatic carbocycles. The average molecular weight is 228 g/mol. The Morgan fingerprint density at radius 3 is 2.56 bits per heavy atom. The highest BCUT2D eigenvalue weighted by Gasteiger charge is 2.09. The van der Waals surface area contributed by atoms with E-state index in [0.717, 1.165) is 25.4 Å². The van der Waals surface area contributed by atoms with Crippen molar-refractivity contribution in [3.63, 3.8) is 0 Å². The van der Waals surface area contributed by atoms with E-state index in [1.54, 1.807) is 0 Å². The number of hydrogen-bond donors (Lipinski definition) is 2. The molecular formula is C13H28N2O. The maximum absolute atomic E-state index is 8.91. The van der Waals surface area contributed by atoms with Crippen LogP contribution in [0.5, 0.6) is 0 Å². The molecule has 1 fully saturated rings. The standard InChI is InChI=1S/C13H28N2O/c1-2-13(6-12-16)5-3-4-9-15-10-7-14-8-11-15/h13-14,16H,2-12H2,1H3/t13-/m1/s1. The van der Waals surface area contributed by atoms with Gasteiger partial charge < -0.3 is 15.3 Å². The highest BCUT2D eigenvalue weighted by atomic mass is 16.3. The van der Waals surface area contributed by atoms with Crippen molar-refractivity contribution in [2.24, 2.45) is 5.92 Å². The molecule has 96 valence electrons. The fraction of sp³-hybridized carbons (Fsp3) is 1.00. The zero-order chi connectivity index (χ0) is 11.6. The molecule has 0 radical (unpaired) electrons. The van der Waals surface area contributed by atoms with Gasteiger partial charge in [0.25, 0.3) is 0 Å². The number of aliphatic hydroxyl groups is 1. The number of nitrogens with one attached hydrogen (secondary N) is 1. The molecule has 1 aliphatic rings. The van der Waals surface area contributed by atoms with Crippen molar-refractivity contribution < 1.29 is 5.11 Å². The Kier molecular flexibility index (Phi) is 7.81. The summed E-state index contributed by atoms with van der Waals surface area (Å²) < 4.78 is 0. The Labute approximate surface area is 100 Å². The van der Waals surface area contributed by atoms with Gasteiger partial charge >= 0.3 is 0 Å². The van der Waals surface area contributed by atoms with Gasteiger partial charge in [0.05, 0.1) is 0 Å². The van der Waals surface area contributed by atoms with Gasteiger partial charge in [-0.2, -0.15) is 0 Å². The summed E-state index contributed by atoms with van der Waals surface area (Å²) in [5.74, 6) is 0.744. The van der Waals surface area contributed by atoms with Crippen LogP contribution < -0.4 is 5.32 Å². The molecule has 0 aromatic rings. The van der Waals surface area contributed by atoms with Crippen LogP contribution in [0.25, 0.3) is 0 Å². The predicted molar refractivity (Wildman–Crippen MR) is 68.6 cm³/mol. The van der Waals surface area contributed by atoms with E-state index < -0.39 is 0 Å². The van der Waals surface area contributed by atoms with Crippen molar-refractivity contribution in [2.45, 2.75) is 39.0 Å². The first kappa shape index (κ1) is 13.9. The van der Waals surface area contributed by atoms with Crippen molar-refractivity contribution in [2.75, 3.05) is 39.3 Å². The smallest absolute Gasteiger partial charge is 0.0433 e. The predicted octanol–water partition coefficient (Wildman–Crippen LogP) is 1.47. The van der Waals surface area contributed by atoms with Gasteiger partial charge in [-0.05, 0) is 25.3 Å². The zero-order valence-corrected chi connectivity index (χ0v) is 10.7. The summed E-state index contributed by atoms with van der Waals surface area (Å²) in [7, 11) is 0. The summed E-state index contributed by atoms with van der Waals surface area (Å²) in [4.78, 5) is 2.56. The van der Waals surface area contributed by atoms with Crippen LogP contribution >= 0.6 is 0 Å². The van der Waals surface area contributed by atoms with E-state index in [1.165, 1.54) is 45.3 Å². The number of nitrogens with zero attached hydrogens (tertiary/aromatic N) is 1. The second kappa shape index (κ2) is 8.97. The summed E-state index contributed by atoms with van der Waals surface area (Å²) in [6, 6.07) is 0. The molecule has 0 aliphatic carbocycles. The highest BCUT2D eigenvalue weighted by molar-refractivity contribution is 4.67. The van der Waals surface area contributed by atoms with Gasteiger partial charge in [-0.25, -0.2) is 0 Å². The largest absolute Gasteiger partial charge is 0.396 e. The molecule has 1 rings (SSSR count). The van der Waals surface area contributed by atoms with E-state index in [1.807, 2.05) is 0 Å². The molecule has 1 heterocycles. The summed E-state index contributed by atoms with van der Waals surface area (Å²) in [5.41, 5.74) is 0. The van der Waals surface area contributed by atoms with Crippen molar-refractivity contribution in [1.29, 1.82) is 0 Å². The topological polar surface area (TPSA) is 35.5 Å². The van der Waals surface area contributed by atoms with Gasteiger partial charge in [-0.3, -0.25) is 0 Å². The van der Waals surface area contributed by atoms with Crippen LogP contribution in [0.4, 0.5) is 0 Å². The first-order valence-electron chi connectivity index (χ1n) is 6.90. The summed E-state index contributed by atoms with van der Waals surface area (Å²) in [5, 5.41) is 12.3. The molecule has 1 aliphatic heterocycles. The van der Waals surface area contributed by atoms with Gasteiger partial charge in [0, 0.05) is 32.8 Å². The molecule has 1 saturated heterocycles. The number of rotatable bonds is 8. The lowest BCUT2D eigenvalue weighted by Crippen LogP contribution is -2.43. The van der Waals surface area contributed by atoms with E-state index in [0.29, 0.717) is 6.61 Å². The first-order valence-corrected chi connectivity index (χ1v) is 6.90. The summed E-state index contributed by atoms with van der Waals surface area (Å²) >= 11 is 0. The van der Waals surface area contributed by atoms with Crippen LogP contribution in [-0.4, -0.2) is 49.3 Å². The van der Waals surface area contributed by atoms with Crippen LogP contribution in [0, 0.1) is 5.92 Å². The van der Waals surface area contributed by atoms with E-state index in [9.17, 15) is 0 Å². The summed E-state index contributed by atoms with van der Waals surface area (Å²) in [6.45, 7) is 8.59. The van der Waals surface area contributed by atoms with Gasteiger partial charge in [-0.15, -0.1) is 0 Å². The van der Waals surface area contributed by atoms with E-state index in [-0.39, 0.29) is 0 Å².